The molecule has 0 radical (unpaired) electrons. The molecule has 3 rings (SSSR count). The first kappa shape index (κ1) is 13.9. The molecule has 0 aliphatic carbocycles. The smallest absolute Gasteiger partial charge is 0.351 e. The van der Waals surface area contributed by atoms with E-state index < -0.39 is 30.2 Å². The van der Waals surface area contributed by atoms with E-state index in [0.29, 0.717) is 5.69 Å². The number of nitrogens with zero attached hydrogens (tertiary/aromatic N) is 2. The molecule has 0 bridgehead atoms. The zero-order chi connectivity index (χ0) is 15.3. The average molecular weight is 293 g/mol. The number of aromatic nitrogens is 3. The van der Waals surface area contributed by atoms with E-state index in [9.17, 15) is 19.8 Å². The summed E-state index contributed by atoms with van der Waals surface area (Å²) in [6, 6.07) is 1.39. The van der Waals surface area contributed by atoms with Gasteiger partial charge in [0.15, 0.2) is 11.7 Å². The van der Waals surface area contributed by atoms with E-state index in [1.165, 1.54) is 12.3 Å². The van der Waals surface area contributed by atoms with Crippen LogP contribution in [-0.4, -0.2) is 43.1 Å². The van der Waals surface area contributed by atoms with Crippen LogP contribution in [-0.2, 0) is 4.74 Å². The van der Waals surface area contributed by atoms with Gasteiger partial charge in [-0.1, -0.05) is 0 Å². The molecule has 112 valence electrons. The number of aliphatic hydroxyl groups excluding tert-OH is 2. The fraction of sp³-hybridized carbons (Fsp3) is 0.462. The van der Waals surface area contributed by atoms with Gasteiger partial charge in [-0.15, -0.1) is 0 Å². The summed E-state index contributed by atoms with van der Waals surface area (Å²) in [6.45, 7) is 3.28. The van der Waals surface area contributed by atoms with E-state index in [4.69, 9.17) is 4.74 Å². The highest BCUT2D eigenvalue weighted by Gasteiger charge is 2.41. The van der Waals surface area contributed by atoms with Gasteiger partial charge in [0.1, 0.15) is 17.9 Å². The zero-order valence-electron chi connectivity index (χ0n) is 11.5. The van der Waals surface area contributed by atoms with Crippen LogP contribution in [0.3, 0.4) is 0 Å². The molecule has 1 saturated heterocycles. The normalized spacial score (nSPS) is 29.1. The molecule has 0 aromatic carbocycles. The summed E-state index contributed by atoms with van der Waals surface area (Å²) < 4.78 is 6.41. The Morgan fingerprint density at radius 2 is 2.05 bits per heavy atom. The summed E-state index contributed by atoms with van der Waals surface area (Å²) in [5.74, 6) is 0. The Hall–Kier alpha value is -2.03. The molecule has 0 spiro atoms. The SMILES string of the molecule is Cc1cc(=O)c2cn([C@@H]3O[C@H](C)C(O)[C@@H]3O)c(=O)nc2[nH]1. The first-order valence-corrected chi connectivity index (χ1v) is 6.53. The first-order valence-electron chi connectivity index (χ1n) is 6.53. The van der Waals surface area contributed by atoms with Gasteiger partial charge in [-0.05, 0) is 13.8 Å². The maximum Gasteiger partial charge on any atom is 0.351 e. The lowest BCUT2D eigenvalue weighted by atomic mass is 10.1. The summed E-state index contributed by atoms with van der Waals surface area (Å²) in [6.07, 6.45) is -2.76. The van der Waals surface area contributed by atoms with Crippen molar-refractivity contribution in [2.24, 2.45) is 0 Å². The van der Waals surface area contributed by atoms with Gasteiger partial charge in [0.05, 0.1) is 11.5 Å². The summed E-state index contributed by atoms with van der Waals surface area (Å²) in [5.41, 5.74) is -0.182. The number of rotatable bonds is 1. The summed E-state index contributed by atoms with van der Waals surface area (Å²) >= 11 is 0. The van der Waals surface area contributed by atoms with Crippen LogP contribution in [0, 0.1) is 6.92 Å². The highest BCUT2D eigenvalue weighted by Crippen LogP contribution is 2.28. The molecular weight excluding hydrogens is 278 g/mol. The van der Waals surface area contributed by atoms with Crippen molar-refractivity contribution in [3.8, 4) is 0 Å². The van der Waals surface area contributed by atoms with E-state index in [1.54, 1.807) is 13.8 Å². The third-order valence-corrected chi connectivity index (χ3v) is 3.63. The molecule has 1 fully saturated rings. The number of pyridine rings is 1. The number of fused-ring (bicyclic) bond motifs is 1. The van der Waals surface area contributed by atoms with Crippen molar-refractivity contribution in [1.29, 1.82) is 0 Å². The van der Waals surface area contributed by atoms with Gasteiger partial charge in [0, 0.05) is 18.0 Å². The third kappa shape index (κ3) is 2.17. The van der Waals surface area contributed by atoms with Gasteiger partial charge >= 0.3 is 5.69 Å². The Morgan fingerprint density at radius 1 is 1.33 bits per heavy atom. The third-order valence-electron chi connectivity index (χ3n) is 3.63. The van der Waals surface area contributed by atoms with Crippen LogP contribution in [0.2, 0.25) is 0 Å². The van der Waals surface area contributed by atoms with Gasteiger partial charge < -0.3 is 19.9 Å². The van der Waals surface area contributed by atoms with Gasteiger partial charge in [-0.25, -0.2) is 4.79 Å². The van der Waals surface area contributed by atoms with Crippen molar-refractivity contribution >= 4 is 11.0 Å². The van der Waals surface area contributed by atoms with Crippen molar-refractivity contribution in [1.82, 2.24) is 14.5 Å². The molecule has 4 atom stereocenters. The van der Waals surface area contributed by atoms with Gasteiger partial charge in [-0.3, -0.25) is 9.36 Å². The predicted molar refractivity (Wildman–Crippen MR) is 73.0 cm³/mol. The second kappa shape index (κ2) is 4.76. The Labute approximate surface area is 118 Å². The largest absolute Gasteiger partial charge is 0.388 e. The number of ether oxygens (including phenoxy) is 1. The summed E-state index contributed by atoms with van der Waals surface area (Å²) in [4.78, 5) is 30.7. The minimum atomic E-state index is -1.26. The number of aryl methyl sites for hydroxylation is 1. The van der Waals surface area contributed by atoms with Crippen LogP contribution in [0.25, 0.3) is 11.0 Å². The lowest BCUT2D eigenvalue weighted by Crippen LogP contribution is -2.35. The van der Waals surface area contributed by atoms with Crippen LogP contribution in [0.5, 0.6) is 0 Å². The van der Waals surface area contributed by atoms with Crippen LogP contribution in [0.15, 0.2) is 21.9 Å². The van der Waals surface area contributed by atoms with E-state index in [1.807, 2.05) is 0 Å². The van der Waals surface area contributed by atoms with Crippen LogP contribution < -0.4 is 11.1 Å². The number of hydrogen-bond acceptors (Lipinski definition) is 6. The van der Waals surface area contributed by atoms with Crippen molar-refractivity contribution < 1.29 is 14.9 Å². The van der Waals surface area contributed by atoms with Gasteiger partial charge in [-0.2, -0.15) is 4.98 Å². The van der Waals surface area contributed by atoms with Crippen molar-refractivity contribution in [2.45, 2.75) is 38.4 Å². The van der Waals surface area contributed by atoms with E-state index in [2.05, 4.69) is 9.97 Å². The summed E-state index contributed by atoms with van der Waals surface area (Å²) in [5, 5.41) is 19.9. The number of aliphatic hydroxyl groups is 2. The monoisotopic (exact) mass is 293 g/mol. The first-order chi connectivity index (χ1) is 9.88. The Bertz CT molecular complexity index is 812. The number of H-pyrrole nitrogens is 1. The molecule has 3 heterocycles. The Morgan fingerprint density at radius 3 is 2.67 bits per heavy atom. The highest BCUT2D eigenvalue weighted by atomic mass is 16.6. The molecule has 1 aliphatic rings. The maximum atomic E-state index is 12.1. The molecule has 8 nitrogen and oxygen atoms in total. The molecule has 8 heteroatoms. The van der Waals surface area contributed by atoms with Crippen molar-refractivity contribution in [3.63, 3.8) is 0 Å². The lowest BCUT2D eigenvalue weighted by molar-refractivity contribution is -0.0347. The van der Waals surface area contributed by atoms with Crippen LogP contribution in [0.4, 0.5) is 0 Å². The molecule has 1 aliphatic heterocycles. The number of nitrogens with one attached hydrogen (secondary N) is 1. The minimum absolute atomic E-state index is 0.183. The fourth-order valence-electron chi connectivity index (χ4n) is 2.48. The Kier molecular flexibility index (Phi) is 3.16. The van der Waals surface area contributed by atoms with Crippen LogP contribution in [0.1, 0.15) is 18.8 Å². The molecule has 0 amide bonds. The highest BCUT2D eigenvalue weighted by molar-refractivity contribution is 5.73. The molecule has 0 saturated carbocycles. The molecular formula is C13H15N3O5. The summed E-state index contributed by atoms with van der Waals surface area (Å²) in [7, 11) is 0. The number of aromatic amines is 1. The fourth-order valence-corrected chi connectivity index (χ4v) is 2.48. The van der Waals surface area contributed by atoms with Gasteiger partial charge in [0.2, 0.25) is 0 Å². The maximum absolute atomic E-state index is 12.1. The Balaban J connectivity index is 2.19. The molecule has 1 unspecified atom stereocenters. The molecule has 3 N–H and O–H groups in total. The van der Waals surface area contributed by atoms with E-state index >= 15 is 0 Å². The molecule has 2 aromatic rings. The minimum Gasteiger partial charge on any atom is -0.388 e. The van der Waals surface area contributed by atoms with Crippen molar-refractivity contribution in [2.75, 3.05) is 0 Å². The standard InChI is InChI=1S/C13H15N3O5/c1-5-3-8(17)7-4-16(13(20)15-11(7)14-5)12-10(19)9(18)6(2)21-12/h3-4,6,9-10,12,18-19H,1-2H3,(H,14,15,20)/t6-,9?,10+,12-/m1/s1. The quantitative estimate of drug-likeness (QED) is 0.623. The molecule has 21 heavy (non-hydrogen) atoms. The zero-order valence-corrected chi connectivity index (χ0v) is 11.5. The number of hydrogen-bond donors (Lipinski definition) is 3. The second-order valence-corrected chi connectivity index (χ2v) is 5.22. The van der Waals surface area contributed by atoms with Crippen LogP contribution >= 0.6 is 0 Å². The van der Waals surface area contributed by atoms with E-state index in [-0.39, 0.29) is 16.5 Å². The van der Waals surface area contributed by atoms with Crippen molar-refractivity contribution in [3.05, 3.63) is 38.7 Å². The van der Waals surface area contributed by atoms with Gasteiger partial charge in [0.25, 0.3) is 0 Å². The van der Waals surface area contributed by atoms with E-state index in [0.717, 1.165) is 4.57 Å². The topological polar surface area (TPSA) is 117 Å². The lowest BCUT2D eigenvalue weighted by Gasteiger charge is -2.17. The predicted octanol–water partition coefficient (Wildman–Crippen LogP) is -0.968. The average Bonchev–Trinajstić information content (AvgIpc) is 2.65. The molecule has 2 aromatic heterocycles. The second-order valence-electron chi connectivity index (χ2n) is 5.22.